The second-order valence-corrected chi connectivity index (χ2v) is 6.31. The van der Waals surface area contributed by atoms with Gasteiger partial charge in [0.1, 0.15) is 11.6 Å². The molecule has 1 heterocycles. The Labute approximate surface area is 162 Å². The number of hydrogen-bond donors (Lipinski definition) is 1. The lowest BCUT2D eigenvalue weighted by Crippen LogP contribution is -2.24. The van der Waals surface area contributed by atoms with Crippen molar-refractivity contribution in [1.29, 1.82) is 0 Å². The molecular formula is C20H24F2N2O4. The van der Waals surface area contributed by atoms with E-state index in [2.05, 4.69) is 15.0 Å². The van der Waals surface area contributed by atoms with Crippen molar-refractivity contribution in [2.45, 2.75) is 44.9 Å². The van der Waals surface area contributed by atoms with Gasteiger partial charge in [0.2, 0.25) is 5.91 Å². The van der Waals surface area contributed by atoms with Crippen LogP contribution in [0.2, 0.25) is 0 Å². The zero-order valence-electron chi connectivity index (χ0n) is 15.8. The SMILES string of the molecule is COC(=O)CCCCCCNC(=O)CCc1ncc(-c2c(F)cccc2F)o1. The summed E-state index contributed by atoms with van der Waals surface area (Å²) in [6, 6.07) is 3.56. The fraction of sp³-hybridized carbons (Fsp3) is 0.450. The summed E-state index contributed by atoms with van der Waals surface area (Å²) in [5, 5.41) is 2.80. The molecule has 2 aromatic rings. The number of aryl methyl sites for hydroxylation is 1. The highest BCUT2D eigenvalue weighted by Crippen LogP contribution is 2.26. The van der Waals surface area contributed by atoms with E-state index in [0.29, 0.717) is 13.0 Å². The molecule has 1 N–H and O–H groups in total. The number of halogens is 2. The Balaban J connectivity index is 1.66. The van der Waals surface area contributed by atoms with Gasteiger partial charge in [0.25, 0.3) is 0 Å². The molecule has 0 aliphatic heterocycles. The third kappa shape index (κ3) is 6.75. The molecule has 0 spiro atoms. The average Bonchev–Trinajstić information content (AvgIpc) is 3.13. The second-order valence-electron chi connectivity index (χ2n) is 6.31. The molecule has 1 aromatic carbocycles. The lowest BCUT2D eigenvalue weighted by atomic mass is 10.1. The zero-order chi connectivity index (χ0) is 20.4. The van der Waals surface area contributed by atoms with Crippen molar-refractivity contribution < 1.29 is 27.5 Å². The number of carbonyl (C=O) groups excluding carboxylic acids is 2. The predicted molar refractivity (Wildman–Crippen MR) is 98.3 cm³/mol. The summed E-state index contributed by atoms with van der Waals surface area (Å²) in [6.45, 7) is 0.550. The lowest BCUT2D eigenvalue weighted by Gasteiger charge is -2.04. The third-order valence-electron chi connectivity index (χ3n) is 4.19. The van der Waals surface area contributed by atoms with Gasteiger partial charge in [-0.1, -0.05) is 18.9 Å². The van der Waals surface area contributed by atoms with Crippen LogP contribution < -0.4 is 5.32 Å². The number of rotatable bonds is 11. The zero-order valence-corrected chi connectivity index (χ0v) is 15.8. The minimum atomic E-state index is -0.730. The Morgan fingerprint density at radius 3 is 2.54 bits per heavy atom. The topological polar surface area (TPSA) is 81.4 Å². The summed E-state index contributed by atoms with van der Waals surface area (Å²) in [4.78, 5) is 26.8. The number of oxazole rings is 1. The maximum Gasteiger partial charge on any atom is 0.305 e. The highest BCUT2D eigenvalue weighted by Gasteiger charge is 2.16. The molecule has 0 saturated carbocycles. The van der Waals surface area contributed by atoms with Crippen molar-refractivity contribution >= 4 is 11.9 Å². The molecule has 0 saturated heterocycles. The number of benzene rings is 1. The van der Waals surface area contributed by atoms with Crippen molar-refractivity contribution in [2.75, 3.05) is 13.7 Å². The van der Waals surface area contributed by atoms with E-state index in [1.54, 1.807) is 0 Å². The Hall–Kier alpha value is -2.77. The quantitative estimate of drug-likeness (QED) is 0.463. The molecule has 0 aliphatic carbocycles. The number of nitrogens with one attached hydrogen (secondary N) is 1. The van der Waals surface area contributed by atoms with Gasteiger partial charge in [-0.15, -0.1) is 0 Å². The molecule has 0 radical (unpaired) electrons. The minimum absolute atomic E-state index is 0.00189. The molecule has 0 atom stereocenters. The number of ether oxygens (including phenoxy) is 1. The van der Waals surface area contributed by atoms with Gasteiger partial charge < -0.3 is 14.5 Å². The molecule has 8 heteroatoms. The standard InChI is InChI=1S/C20H24F2N2O4/c1-27-19(26)9-4-2-3-5-12-23-17(25)10-11-18-24-13-16(28-18)20-14(21)7-6-8-15(20)22/h6-8,13H,2-5,9-12H2,1H3,(H,23,25). The number of amides is 1. The van der Waals surface area contributed by atoms with E-state index >= 15 is 0 Å². The summed E-state index contributed by atoms with van der Waals surface area (Å²) in [7, 11) is 1.37. The Morgan fingerprint density at radius 2 is 1.82 bits per heavy atom. The van der Waals surface area contributed by atoms with Crippen molar-refractivity contribution in [3.05, 3.63) is 41.9 Å². The molecule has 1 aromatic heterocycles. The fourth-order valence-electron chi connectivity index (χ4n) is 2.66. The monoisotopic (exact) mass is 394 g/mol. The van der Waals surface area contributed by atoms with Crippen molar-refractivity contribution in [1.82, 2.24) is 10.3 Å². The van der Waals surface area contributed by atoms with Gasteiger partial charge in [-0.2, -0.15) is 0 Å². The van der Waals surface area contributed by atoms with Crippen LogP contribution in [0.4, 0.5) is 8.78 Å². The molecule has 28 heavy (non-hydrogen) atoms. The molecule has 0 aliphatic rings. The maximum absolute atomic E-state index is 13.8. The smallest absolute Gasteiger partial charge is 0.305 e. The van der Waals surface area contributed by atoms with Gasteiger partial charge >= 0.3 is 5.97 Å². The molecule has 0 bridgehead atoms. The first kappa shape index (κ1) is 21.5. The molecule has 1 amide bonds. The Bertz CT molecular complexity index is 772. The normalized spacial score (nSPS) is 10.7. The van der Waals surface area contributed by atoms with Crippen LogP contribution in [0.15, 0.2) is 28.8 Å². The highest BCUT2D eigenvalue weighted by molar-refractivity contribution is 5.76. The van der Waals surface area contributed by atoms with Crippen LogP contribution in [-0.2, 0) is 20.7 Å². The Morgan fingerprint density at radius 1 is 1.11 bits per heavy atom. The van der Waals surface area contributed by atoms with E-state index in [-0.39, 0.29) is 41.9 Å². The molecule has 152 valence electrons. The third-order valence-corrected chi connectivity index (χ3v) is 4.19. The summed E-state index contributed by atoms with van der Waals surface area (Å²) < 4.78 is 37.4. The van der Waals surface area contributed by atoms with Gasteiger partial charge in [0, 0.05) is 25.8 Å². The number of carbonyl (C=O) groups is 2. The lowest BCUT2D eigenvalue weighted by molar-refractivity contribution is -0.140. The van der Waals surface area contributed by atoms with Crippen LogP contribution in [0, 0.1) is 11.6 Å². The number of methoxy groups -OCH3 is 1. The largest absolute Gasteiger partial charge is 0.469 e. The van der Waals surface area contributed by atoms with E-state index in [1.807, 2.05) is 0 Å². The van der Waals surface area contributed by atoms with Crippen LogP contribution >= 0.6 is 0 Å². The average molecular weight is 394 g/mol. The molecular weight excluding hydrogens is 370 g/mol. The first-order chi connectivity index (χ1) is 13.5. The molecule has 0 unspecified atom stereocenters. The van der Waals surface area contributed by atoms with Crippen molar-refractivity contribution in [2.24, 2.45) is 0 Å². The molecule has 0 fully saturated rings. The van der Waals surface area contributed by atoms with Crippen LogP contribution in [0.1, 0.15) is 44.4 Å². The summed E-state index contributed by atoms with van der Waals surface area (Å²) in [5.74, 6) is -1.57. The van der Waals surface area contributed by atoms with Gasteiger partial charge in [-0.25, -0.2) is 13.8 Å². The van der Waals surface area contributed by atoms with E-state index in [9.17, 15) is 18.4 Å². The van der Waals surface area contributed by atoms with E-state index in [1.165, 1.54) is 19.4 Å². The number of nitrogens with zero attached hydrogens (tertiary/aromatic N) is 1. The van der Waals surface area contributed by atoms with Gasteiger partial charge in [-0.05, 0) is 25.0 Å². The van der Waals surface area contributed by atoms with Gasteiger partial charge in [-0.3, -0.25) is 9.59 Å². The summed E-state index contributed by atoms with van der Waals surface area (Å²) >= 11 is 0. The summed E-state index contributed by atoms with van der Waals surface area (Å²) in [6.07, 6.45) is 5.48. The first-order valence-corrected chi connectivity index (χ1v) is 9.24. The first-order valence-electron chi connectivity index (χ1n) is 9.24. The van der Waals surface area contributed by atoms with E-state index < -0.39 is 11.6 Å². The number of hydrogen-bond acceptors (Lipinski definition) is 5. The second kappa shape index (κ2) is 11.2. The highest BCUT2D eigenvalue weighted by atomic mass is 19.1. The Kier molecular flexibility index (Phi) is 8.58. The summed E-state index contributed by atoms with van der Waals surface area (Å²) in [5.41, 5.74) is -0.266. The van der Waals surface area contributed by atoms with Crippen molar-refractivity contribution in [3.8, 4) is 11.3 Å². The van der Waals surface area contributed by atoms with E-state index in [0.717, 1.165) is 37.8 Å². The van der Waals surface area contributed by atoms with Gasteiger partial charge in [0.05, 0.1) is 18.9 Å². The van der Waals surface area contributed by atoms with Crippen LogP contribution in [0.3, 0.4) is 0 Å². The number of unbranched alkanes of at least 4 members (excludes halogenated alkanes) is 3. The van der Waals surface area contributed by atoms with Crippen LogP contribution in [-0.4, -0.2) is 30.5 Å². The maximum atomic E-state index is 13.8. The fourth-order valence-corrected chi connectivity index (χ4v) is 2.66. The number of aromatic nitrogens is 1. The van der Waals surface area contributed by atoms with Gasteiger partial charge in [0.15, 0.2) is 11.7 Å². The predicted octanol–water partition coefficient (Wildman–Crippen LogP) is 3.79. The minimum Gasteiger partial charge on any atom is -0.469 e. The molecule has 2 rings (SSSR count). The molecule has 6 nitrogen and oxygen atoms in total. The van der Waals surface area contributed by atoms with Crippen LogP contribution in [0.25, 0.3) is 11.3 Å². The van der Waals surface area contributed by atoms with Crippen LogP contribution in [0.5, 0.6) is 0 Å². The number of esters is 1. The van der Waals surface area contributed by atoms with E-state index in [4.69, 9.17) is 4.42 Å². The van der Waals surface area contributed by atoms with Crippen molar-refractivity contribution in [3.63, 3.8) is 0 Å².